The van der Waals surface area contributed by atoms with Gasteiger partial charge >= 0.3 is 0 Å². The summed E-state index contributed by atoms with van der Waals surface area (Å²) in [7, 11) is 1.71. The summed E-state index contributed by atoms with van der Waals surface area (Å²) < 4.78 is 5.61. The third-order valence-electron chi connectivity index (χ3n) is 6.21. The summed E-state index contributed by atoms with van der Waals surface area (Å²) in [4.78, 5) is 12.0. The van der Waals surface area contributed by atoms with Gasteiger partial charge in [0.15, 0.2) is 0 Å². The van der Waals surface area contributed by atoms with Gasteiger partial charge in [-0.1, -0.05) is 39.0 Å². The molecular weight excluding hydrogens is 358 g/mol. The number of aliphatic imine (C=N–C) groups is 1. The minimum absolute atomic E-state index is 0.603. The number of aromatic amines is 2. The Labute approximate surface area is 174 Å². The first-order valence-electron chi connectivity index (χ1n) is 11.2. The Morgan fingerprint density at radius 2 is 1.79 bits per heavy atom. The molecule has 0 spiro atoms. The Kier molecular flexibility index (Phi) is 6.38. The maximum atomic E-state index is 5.61. The fraction of sp³-hybridized carbons (Fsp3) is 0.480. The lowest BCUT2D eigenvalue weighted by Gasteiger charge is -2.13. The Bertz CT molecular complexity index is 912. The van der Waals surface area contributed by atoms with Crippen LogP contribution in [0.3, 0.4) is 0 Å². The van der Waals surface area contributed by atoms with E-state index in [-0.39, 0.29) is 0 Å². The molecule has 2 N–H and O–H groups in total. The highest BCUT2D eigenvalue weighted by molar-refractivity contribution is 6.11. The molecule has 0 amide bonds. The van der Waals surface area contributed by atoms with E-state index < -0.39 is 0 Å². The van der Waals surface area contributed by atoms with Gasteiger partial charge in [0, 0.05) is 23.2 Å². The van der Waals surface area contributed by atoms with E-state index in [0.717, 1.165) is 35.0 Å². The lowest BCUT2D eigenvalue weighted by molar-refractivity contribution is 0.303. The van der Waals surface area contributed by atoms with Gasteiger partial charge in [0.1, 0.15) is 11.5 Å². The normalized spacial score (nSPS) is 22.6. The molecule has 0 saturated carbocycles. The first kappa shape index (κ1) is 19.8. The molecule has 0 aliphatic carbocycles. The summed E-state index contributed by atoms with van der Waals surface area (Å²) in [6, 6.07) is 8.74. The lowest BCUT2D eigenvalue weighted by atomic mass is 9.95. The van der Waals surface area contributed by atoms with Crippen LogP contribution in [0.2, 0.25) is 0 Å². The van der Waals surface area contributed by atoms with E-state index >= 15 is 0 Å². The van der Waals surface area contributed by atoms with E-state index in [1.165, 1.54) is 62.8 Å². The van der Waals surface area contributed by atoms with Gasteiger partial charge in [-0.2, -0.15) is 0 Å². The SMILES string of the molecule is CCC1CCCCCCCCc2ccc([nH]2)/C=C2/N=C(C=C2OC)c2ccc1[nH]2. The Morgan fingerprint density at radius 1 is 0.966 bits per heavy atom. The molecule has 2 aliphatic heterocycles. The van der Waals surface area contributed by atoms with Crippen LogP contribution in [-0.2, 0) is 11.2 Å². The number of hydrogen-bond acceptors (Lipinski definition) is 2. The molecule has 1 atom stereocenters. The molecule has 4 heterocycles. The van der Waals surface area contributed by atoms with Crippen molar-refractivity contribution in [1.82, 2.24) is 9.97 Å². The Balaban J connectivity index is 1.64. The van der Waals surface area contributed by atoms with Crippen LogP contribution in [0.4, 0.5) is 0 Å². The lowest BCUT2D eigenvalue weighted by Crippen LogP contribution is -2.00. The quantitative estimate of drug-likeness (QED) is 0.603. The van der Waals surface area contributed by atoms with Crippen molar-refractivity contribution in [2.75, 3.05) is 7.11 Å². The zero-order valence-corrected chi connectivity index (χ0v) is 17.8. The van der Waals surface area contributed by atoms with Crippen LogP contribution < -0.4 is 0 Å². The van der Waals surface area contributed by atoms with Crippen molar-refractivity contribution in [2.24, 2.45) is 4.99 Å². The number of fused-ring (bicyclic) bond motifs is 6. The van der Waals surface area contributed by atoms with Crippen molar-refractivity contribution >= 4 is 11.8 Å². The molecule has 2 aromatic heterocycles. The number of ether oxygens (including phenoxy) is 1. The van der Waals surface area contributed by atoms with Crippen LogP contribution >= 0.6 is 0 Å². The predicted octanol–water partition coefficient (Wildman–Crippen LogP) is 6.50. The van der Waals surface area contributed by atoms with Gasteiger partial charge in [-0.3, -0.25) is 0 Å². The smallest absolute Gasteiger partial charge is 0.146 e. The fourth-order valence-electron chi connectivity index (χ4n) is 4.45. The summed E-state index contributed by atoms with van der Waals surface area (Å²) in [6.07, 6.45) is 15.6. The Morgan fingerprint density at radius 3 is 2.62 bits per heavy atom. The number of methoxy groups -OCH3 is 1. The minimum atomic E-state index is 0.603. The van der Waals surface area contributed by atoms with Gasteiger partial charge in [-0.05, 0) is 61.9 Å². The predicted molar refractivity (Wildman–Crippen MR) is 120 cm³/mol. The number of aromatic nitrogens is 2. The van der Waals surface area contributed by atoms with Crippen molar-refractivity contribution in [3.8, 4) is 0 Å². The average Bonchev–Trinajstić information content (AvgIpc) is 3.46. The van der Waals surface area contributed by atoms with E-state index in [1.807, 2.05) is 6.08 Å². The van der Waals surface area contributed by atoms with Crippen LogP contribution in [-0.4, -0.2) is 22.8 Å². The van der Waals surface area contributed by atoms with Crippen LogP contribution in [0.5, 0.6) is 0 Å². The number of nitrogens with zero attached hydrogens (tertiary/aromatic N) is 1. The number of nitrogens with one attached hydrogen (secondary N) is 2. The fourth-order valence-corrected chi connectivity index (χ4v) is 4.45. The molecule has 4 rings (SSSR count). The second-order valence-electron chi connectivity index (χ2n) is 8.27. The number of aryl methyl sites for hydroxylation is 1. The van der Waals surface area contributed by atoms with Gasteiger partial charge < -0.3 is 14.7 Å². The zero-order valence-electron chi connectivity index (χ0n) is 17.8. The molecule has 2 aromatic rings. The molecule has 0 aromatic carbocycles. The van der Waals surface area contributed by atoms with Crippen LogP contribution in [0.25, 0.3) is 6.08 Å². The van der Waals surface area contributed by atoms with E-state index in [4.69, 9.17) is 9.73 Å². The van der Waals surface area contributed by atoms with Crippen molar-refractivity contribution in [3.63, 3.8) is 0 Å². The number of allylic oxidation sites excluding steroid dienone is 1. The molecule has 29 heavy (non-hydrogen) atoms. The molecule has 6 bridgehead atoms. The maximum Gasteiger partial charge on any atom is 0.146 e. The van der Waals surface area contributed by atoms with Crippen molar-refractivity contribution < 1.29 is 4.74 Å². The summed E-state index contributed by atoms with van der Waals surface area (Å²) in [5, 5.41) is 0. The van der Waals surface area contributed by atoms with Crippen LogP contribution in [0.15, 0.2) is 46.8 Å². The van der Waals surface area contributed by atoms with E-state index in [0.29, 0.717) is 5.92 Å². The first-order chi connectivity index (χ1) is 14.3. The summed E-state index contributed by atoms with van der Waals surface area (Å²) in [6.45, 7) is 2.29. The number of H-pyrrole nitrogens is 2. The molecule has 1 unspecified atom stereocenters. The van der Waals surface area contributed by atoms with Gasteiger partial charge in [0.25, 0.3) is 0 Å². The molecule has 154 valence electrons. The monoisotopic (exact) mass is 391 g/mol. The summed E-state index contributed by atoms with van der Waals surface area (Å²) >= 11 is 0. The van der Waals surface area contributed by atoms with Crippen LogP contribution in [0.1, 0.15) is 87.0 Å². The number of hydrogen-bond donors (Lipinski definition) is 2. The summed E-state index contributed by atoms with van der Waals surface area (Å²) in [5.74, 6) is 1.42. The van der Waals surface area contributed by atoms with Gasteiger partial charge in [-0.15, -0.1) is 0 Å². The van der Waals surface area contributed by atoms with Gasteiger partial charge in [0.2, 0.25) is 0 Å². The van der Waals surface area contributed by atoms with E-state index in [2.05, 4.69) is 47.2 Å². The molecule has 0 fully saturated rings. The maximum absolute atomic E-state index is 5.61. The van der Waals surface area contributed by atoms with Crippen molar-refractivity contribution in [2.45, 2.75) is 70.6 Å². The highest BCUT2D eigenvalue weighted by Gasteiger charge is 2.19. The van der Waals surface area contributed by atoms with E-state index in [1.54, 1.807) is 7.11 Å². The standard InChI is InChI=1S/C25H33N3O/c1-3-18-10-8-6-4-5-7-9-11-19-12-13-20(26-19)16-24-25(29-2)17-23(28-24)22-15-14-21(18)27-22/h12-18,26-27H,3-11H2,1-2H3/b24-16+. The minimum Gasteiger partial charge on any atom is -0.494 e. The van der Waals surface area contributed by atoms with Crippen molar-refractivity contribution in [1.29, 1.82) is 0 Å². The van der Waals surface area contributed by atoms with Gasteiger partial charge in [-0.25, -0.2) is 4.99 Å². The topological polar surface area (TPSA) is 53.2 Å². The van der Waals surface area contributed by atoms with Gasteiger partial charge in [0.05, 0.1) is 18.5 Å². The molecule has 0 saturated heterocycles. The summed E-state index contributed by atoms with van der Waals surface area (Å²) in [5.41, 5.74) is 6.61. The third-order valence-corrected chi connectivity index (χ3v) is 6.21. The molecule has 4 nitrogen and oxygen atoms in total. The highest BCUT2D eigenvalue weighted by atomic mass is 16.5. The number of rotatable bonds is 2. The first-order valence-corrected chi connectivity index (χ1v) is 11.2. The second kappa shape index (κ2) is 9.34. The van der Waals surface area contributed by atoms with E-state index in [9.17, 15) is 0 Å². The third kappa shape index (κ3) is 4.75. The second-order valence-corrected chi connectivity index (χ2v) is 8.27. The largest absolute Gasteiger partial charge is 0.494 e. The van der Waals surface area contributed by atoms with Crippen molar-refractivity contribution in [3.05, 3.63) is 64.6 Å². The molecule has 4 heteroatoms. The Hall–Kier alpha value is -2.49. The zero-order chi connectivity index (χ0) is 20.1. The highest BCUT2D eigenvalue weighted by Crippen LogP contribution is 2.29. The average molecular weight is 392 g/mol. The molecule has 0 radical (unpaired) electrons. The van der Waals surface area contributed by atoms with Crippen LogP contribution in [0, 0.1) is 0 Å². The molecular formula is C25H33N3O. The molecule has 2 aliphatic rings.